The molecule has 2 rings (SSSR count). The second kappa shape index (κ2) is 18.4. The Bertz CT molecular complexity index is 943. The number of rotatable bonds is 19. The summed E-state index contributed by atoms with van der Waals surface area (Å²) in [4.78, 5) is 25.5. The highest BCUT2D eigenvalue weighted by Crippen LogP contribution is 2.30. The van der Waals surface area contributed by atoms with Gasteiger partial charge in [-0.1, -0.05) is 90.8 Å². The van der Waals surface area contributed by atoms with Crippen molar-refractivity contribution in [2.75, 3.05) is 13.1 Å². The van der Waals surface area contributed by atoms with Crippen molar-refractivity contribution < 1.29 is 19.1 Å². The number of para-hydroxylation sites is 2. The molecule has 2 amide bonds. The van der Waals surface area contributed by atoms with E-state index in [4.69, 9.17) is 9.47 Å². The Morgan fingerprint density at radius 1 is 0.600 bits per heavy atom. The second-order valence-electron chi connectivity index (χ2n) is 10.7. The van der Waals surface area contributed by atoms with E-state index in [2.05, 4.69) is 50.5 Å². The standard InChI is InChI=1S/C34H52N2O4/c1-7-25(5)27-19-13-15-21-31(27)39-29(9-3)33(37)35-23-17-11-12-18-24-36-34(38)30(10-4)40-32-22-16-14-20-28(32)26(6)8-2/h13-16,19-22,25-26,29-30H,7-12,17-18,23-24H2,1-6H3,(H,35,37)(H,36,38). The lowest BCUT2D eigenvalue weighted by molar-refractivity contribution is -0.128. The largest absolute Gasteiger partial charge is 0.480 e. The van der Waals surface area contributed by atoms with Crippen LogP contribution in [0.25, 0.3) is 0 Å². The summed E-state index contributed by atoms with van der Waals surface area (Å²) in [5, 5.41) is 6.08. The molecule has 2 N–H and O–H groups in total. The van der Waals surface area contributed by atoms with Gasteiger partial charge in [0.1, 0.15) is 11.5 Å². The van der Waals surface area contributed by atoms with E-state index in [0.29, 0.717) is 37.8 Å². The van der Waals surface area contributed by atoms with Gasteiger partial charge in [-0.15, -0.1) is 0 Å². The van der Waals surface area contributed by atoms with E-state index in [1.165, 1.54) is 0 Å². The highest BCUT2D eigenvalue weighted by atomic mass is 16.5. The average Bonchev–Trinajstić information content (AvgIpc) is 2.99. The molecule has 0 aliphatic heterocycles. The molecule has 4 atom stereocenters. The molecule has 0 radical (unpaired) electrons. The first-order valence-electron chi connectivity index (χ1n) is 15.4. The van der Waals surface area contributed by atoms with Gasteiger partial charge in [-0.2, -0.15) is 0 Å². The molecule has 0 bridgehead atoms. The van der Waals surface area contributed by atoms with Crippen LogP contribution >= 0.6 is 0 Å². The van der Waals surface area contributed by atoms with Gasteiger partial charge in [0, 0.05) is 13.1 Å². The lowest BCUT2D eigenvalue weighted by atomic mass is 9.98. The number of amides is 2. The molecular weight excluding hydrogens is 500 g/mol. The number of hydrogen-bond donors (Lipinski definition) is 2. The minimum absolute atomic E-state index is 0.0609. The third-order valence-corrected chi connectivity index (χ3v) is 7.69. The third kappa shape index (κ3) is 10.5. The van der Waals surface area contributed by atoms with Crippen molar-refractivity contribution in [2.24, 2.45) is 0 Å². The first-order valence-corrected chi connectivity index (χ1v) is 15.4. The van der Waals surface area contributed by atoms with Gasteiger partial charge in [0.25, 0.3) is 11.8 Å². The van der Waals surface area contributed by atoms with Crippen LogP contribution in [0.15, 0.2) is 48.5 Å². The van der Waals surface area contributed by atoms with Crippen molar-refractivity contribution in [2.45, 2.75) is 117 Å². The van der Waals surface area contributed by atoms with Gasteiger partial charge in [-0.25, -0.2) is 0 Å². The van der Waals surface area contributed by atoms with Gasteiger partial charge in [-0.3, -0.25) is 9.59 Å². The lowest BCUT2D eigenvalue weighted by Crippen LogP contribution is -2.39. The summed E-state index contributed by atoms with van der Waals surface area (Å²) in [5.41, 5.74) is 2.30. The van der Waals surface area contributed by atoms with Gasteiger partial charge in [-0.05, 0) is 73.6 Å². The number of benzene rings is 2. The summed E-state index contributed by atoms with van der Waals surface area (Å²) < 4.78 is 12.3. The monoisotopic (exact) mass is 552 g/mol. The average molecular weight is 553 g/mol. The molecule has 6 nitrogen and oxygen atoms in total. The Balaban J connectivity index is 1.67. The van der Waals surface area contributed by atoms with Crippen LogP contribution in [0.3, 0.4) is 0 Å². The molecule has 0 aliphatic carbocycles. The van der Waals surface area contributed by atoms with Gasteiger partial charge in [0.15, 0.2) is 12.2 Å². The molecule has 6 heteroatoms. The lowest BCUT2D eigenvalue weighted by Gasteiger charge is -2.21. The molecule has 0 fully saturated rings. The van der Waals surface area contributed by atoms with Crippen molar-refractivity contribution in [3.8, 4) is 11.5 Å². The molecule has 4 unspecified atom stereocenters. The van der Waals surface area contributed by atoms with Crippen LogP contribution in [0.1, 0.15) is 116 Å². The minimum atomic E-state index is -0.494. The molecule has 0 aromatic heterocycles. The minimum Gasteiger partial charge on any atom is -0.480 e. The van der Waals surface area contributed by atoms with Crippen LogP contribution in [0.5, 0.6) is 11.5 Å². The predicted octanol–water partition coefficient (Wildman–Crippen LogP) is 7.52. The summed E-state index contributed by atoms with van der Waals surface area (Å²) in [6.45, 7) is 13.9. The van der Waals surface area contributed by atoms with Crippen molar-refractivity contribution in [1.82, 2.24) is 10.6 Å². The summed E-state index contributed by atoms with van der Waals surface area (Å²) in [7, 11) is 0. The van der Waals surface area contributed by atoms with Crippen molar-refractivity contribution >= 4 is 11.8 Å². The maximum absolute atomic E-state index is 12.7. The third-order valence-electron chi connectivity index (χ3n) is 7.69. The van der Waals surface area contributed by atoms with Crippen LogP contribution < -0.4 is 20.1 Å². The van der Waals surface area contributed by atoms with E-state index in [9.17, 15) is 9.59 Å². The number of hydrogen-bond acceptors (Lipinski definition) is 4. The smallest absolute Gasteiger partial charge is 0.261 e. The maximum atomic E-state index is 12.7. The van der Waals surface area contributed by atoms with Gasteiger partial charge in [0.2, 0.25) is 0 Å². The Morgan fingerprint density at radius 2 is 0.975 bits per heavy atom. The molecule has 2 aromatic carbocycles. The topological polar surface area (TPSA) is 76.7 Å². The molecule has 222 valence electrons. The maximum Gasteiger partial charge on any atom is 0.261 e. The van der Waals surface area contributed by atoms with E-state index in [0.717, 1.165) is 61.2 Å². The highest BCUT2D eigenvalue weighted by Gasteiger charge is 2.21. The molecule has 40 heavy (non-hydrogen) atoms. The number of nitrogens with one attached hydrogen (secondary N) is 2. The Hall–Kier alpha value is -3.02. The van der Waals surface area contributed by atoms with Crippen LogP contribution in [0.4, 0.5) is 0 Å². The van der Waals surface area contributed by atoms with E-state index in [-0.39, 0.29) is 11.8 Å². The normalized spacial score (nSPS) is 14.1. The van der Waals surface area contributed by atoms with Gasteiger partial charge in [0.05, 0.1) is 0 Å². The zero-order chi connectivity index (χ0) is 29.3. The van der Waals surface area contributed by atoms with Crippen LogP contribution in [-0.2, 0) is 9.59 Å². The SMILES string of the molecule is CCC(Oc1ccccc1C(C)CC)C(=O)NCCCCCCNC(=O)C(CC)Oc1ccccc1C(C)CC. The summed E-state index contributed by atoms with van der Waals surface area (Å²) >= 11 is 0. The first kappa shape index (κ1) is 33.2. The second-order valence-corrected chi connectivity index (χ2v) is 10.7. The fraction of sp³-hybridized carbons (Fsp3) is 0.588. The van der Waals surface area contributed by atoms with E-state index in [1.54, 1.807) is 0 Å². The molecular formula is C34H52N2O4. The highest BCUT2D eigenvalue weighted by molar-refractivity contribution is 5.81. The Morgan fingerprint density at radius 3 is 1.32 bits per heavy atom. The molecule has 0 aliphatic rings. The predicted molar refractivity (Wildman–Crippen MR) is 164 cm³/mol. The number of ether oxygens (including phenoxy) is 2. The van der Waals surface area contributed by atoms with E-state index >= 15 is 0 Å². The Kier molecular flexibility index (Phi) is 15.2. The molecule has 0 saturated heterocycles. The zero-order valence-corrected chi connectivity index (χ0v) is 25.6. The first-order chi connectivity index (χ1) is 19.4. The molecule has 2 aromatic rings. The molecule has 0 spiro atoms. The van der Waals surface area contributed by atoms with Crippen molar-refractivity contribution in [3.05, 3.63) is 59.7 Å². The fourth-order valence-corrected chi connectivity index (χ4v) is 4.64. The van der Waals surface area contributed by atoms with Crippen LogP contribution in [0.2, 0.25) is 0 Å². The Labute approximate surface area is 242 Å². The molecule has 0 heterocycles. The number of carbonyl (C=O) groups excluding carboxylic acids is 2. The fourth-order valence-electron chi connectivity index (χ4n) is 4.64. The summed E-state index contributed by atoms with van der Waals surface area (Å²) in [6.07, 6.45) is 6.05. The van der Waals surface area contributed by atoms with Crippen LogP contribution in [-0.4, -0.2) is 37.1 Å². The zero-order valence-electron chi connectivity index (χ0n) is 25.6. The van der Waals surface area contributed by atoms with E-state index < -0.39 is 12.2 Å². The van der Waals surface area contributed by atoms with Crippen LogP contribution in [0, 0.1) is 0 Å². The van der Waals surface area contributed by atoms with E-state index in [1.807, 2.05) is 50.2 Å². The number of carbonyl (C=O) groups is 2. The quantitative estimate of drug-likeness (QED) is 0.177. The van der Waals surface area contributed by atoms with Gasteiger partial charge < -0.3 is 20.1 Å². The number of unbranched alkanes of at least 4 members (excludes halogenated alkanes) is 3. The van der Waals surface area contributed by atoms with Crippen molar-refractivity contribution in [1.29, 1.82) is 0 Å². The summed E-state index contributed by atoms with van der Waals surface area (Å²) in [6, 6.07) is 16.0. The summed E-state index contributed by atoms with van der Waals surface area (Å²) in [5.74, 6) is 2.25. The molecule has 0 saturated carbocycles. The van der Waals surface area contributed by atoms with Crippen molar-refractivity contribution in [3.63, 3.8) is 0 Å². The van der Waals surface area contributed by atoms with Gasteiger partial charge >= 0.3 is 0 Å².